The van der Waals surface area contributed by atoms with Gasteiger partial charge in [0.2, 0.25) is 23.6 Å². The maximum absolute atomic E-state index is 11.6. The van der Waals surface area contributed by atoms with Gasteiger partial charge in [-0.2, -0.15) is 0 Å². The Morgan fingerprint density at radius 3 is 1.52 bits per heavy atom. The number of hydrogen-bond donors (Lipinski definition) is 7. The number of nitrogens with one attached hydrogen (secondary N) is 4. The first kappa shape index (κ1) is 27.8. The summed E-state index contributed by atoms with van der Waals surface area (Å²) >= 11 is 0. The van der Waals surface area contributed by atoms with Crippen LogP contribution in [-0.2, 0) is 33.5 Å². The average Bonchev–Trinajstić information content (AvgIpc) is 2.73. The van der Waals surface area contributed by atoms with E-state index >= 15 is 0 Å². The molecule has 2 rings (SSSR count). The smallest absolute Gasteiger partial charge is 0.305 e. The first-order valence-corrected chi connectivity index (χ1v) is 10.2. The number of carboxylic acid groups (broad SMARTS) is 1. The molecule has 7 N–H and O–H groups in total. The van der Waals surface area contributed by atoms with Crippen LogP contribution in [0.3, 0.4) is 0 Å². The fourth-order valence-electron chi connectivity index (χ4n) is 3.01. The van der Waals surface area contributed by atoms with Crippen LogP contribution in [0.5, 0.6) is 0 Å². The molecule has 186 valence electrons. The van der Waals surface area contributed by atoms with Gasteiger partial charge in [-0.3, -0.25) is 28.8 Å². The van der Waals surface area contributed by atoms with E-state index in [9.17, 15) is 39.0 Å². The maximum Gasteiger partial charge on any atom is 0.305 e. The van der Waals surface area contributed by atoms with Crippen LogP contribution in [0, 0.1) is 0 Å². The molecule has 0 aliphatic carbocycles. The van der Waals surface area contributed by atoms with Crippen LogP contribution in [0.4, 0.5) is 0 Å². The molecule has 2 fully saturated rings. The van der Waals surface area contributed by atoms with E-state index in [1.54, 1.807) is 0 Å². The van der Waals surface area contributed by atoms with E-state index in [0.29, 0.717) is 0 Å². The Balaban J connectivity index is 0.000000331. The number of aliphatic hydroxyl groups is 2. The molecule has 6 unspecified atom stereocenters. The number of aliphatic hydroxyl groups excluding tert-OH is 2. The summed E-state index contributed by atoms with van der Waals surface area (Å²) in [6.45, 7) is 2.81. The monoisotopic (exact) mass is 474 g/mol. The molecule has 2 saturated heterocycles. The molecule has 14 nitrogen and oxygen atoms in total. The van der Waals surface area contributed by atoms with Crippen molar-refractivity contribution in [2.24, 2.45) is 0 Å². The number of ether oxygens (including phenoxy) is 1. The van der Waals surface area contributed by atoms with Crippen LogP contribution >= 0.6 is 0 Å². The van der Waals surface area contributed by atoms with E-state index in [-0.39, 0.29) is 25.7 Å². The number of piperazine rings is 2. The number of carbonyl (C=O) groups excluding carboxylic acids is 5. The van der Waals surface area contributed by atoms with Crippen LogP contribution in [-0.4, -0.2) is 94.4 Å². The Labute approximate surface area is 189 Å². The average molecular weight is 474 g/mol. The number of carbonyl (C=O) groups is 6. The minimum absolute atomic E-state index is 0.0411. The van der Waals surface area contributed by atoms with Gasteiger partial charge in [-0.05, 0) is 26.7 Å². The second-order valence-corrected chi connectivity index (χ2v) is 7.62. The molecule has 2 heterocycles. The van der Waals surface area contributed by atoms with Gasteiger partial charge < -0.3 is 41.3 Å². The Bertz CT molecular complexity index is 770. The maximum atomic E-state index is 11.6. The first-order chi connectivity index (χ1) is 15.4. The fourth-order valence-corrected chi connectivity index (χ4v) is 3.01. The lowest BCUT2D eigenvalue weighted by molar-refractivity contribution is -0.143. The summed E-state index contributed by atoms with van der Waals surface area (Å²) in [4.78, 5) is 67.1. The zero-order valence-corrected chi connectivity index (χ0v) is 18.5. The van der Waals surface area contributed by atoms with E-state index in [4.69, 9.17) is 5.11 Å². The van der Waals surface area contributed by atoms with Gasteiger partial charge in [-0.15, -0.1) is 0 Å². The lowest BCUT2D eigenvalue weighted by Crippen LogP contribution is -2.64. The molecular weight excluding hydrogens is 444 g/mol. The van der Waals surface area contributed by atoms with Gasteiger partial charge in [0.15, 0.2) is 0 Å². The molecule has 2 aliphatic heterocycles. The number of aliphatic carboxylic acids is 1. The highest BCUT2D eigenvalue weighted by Crippen LogP contribution is 2.08. The summed E-state index contributed by atoms with van der Waals surface area (Å²) < 4.78 is 4.44. The Morgan fingerprint density at radius 2 is 1.18 bits per heavy atom. The summed E-state index contributed by atoms with van der Waals surface area (Å²) in [6.07, 6.45) is -1.87. The number of carboxylic acids is 1. The summed E-state index contributed by atoms with van der Waals surface area (Å²) in [7, 11) is 1.26. The molecule has 0 saturated carbocycles. The van der Waals surface area contributed by atoms with Crippen molar-refractivity contribution in [2.45, 2.75) is 75.9 Å². The lowest BCUT2D eigenvalue weighted by atomic mass is 10.0. The van der Waals surface area contributed by atoms with Crippen molar-refractivity contribution in [3.8, 4) is 0 Å². The van der Waals surface area contributed by atoms with Crippen molar-refractivity contribution in [3.63, 3.8) is 0 Å². The molecular formula is C19H30N4O10. The standard InChI is InChI=1S/C10H16N2O5.C9H14N2O5/c1-5(13)8-10(16)11-6(9(15)12-8)3-4-7(14)17-2;1-4(12)7-9(16)10-5(8(15)11-7)2-3-6(13)14/h5-6,8,13H,3-4H2,1-2H3,(H,11,16)(H,12,15);4-5,7,12H,2-3H2,1H3,(H,10,16)(H,11,15)(H,13,14). The van der Waals surface area contributed by atoms with Crippen LogP contribution in [0.25, 0.3) is 0 Å². The second kappa shape index (κ2) is 12.7. The van der Waals surface area contributed by atoms with Gasteiger partial charge in [-0.25, -0.2) is 0 Å². The lowest BCUT2D eigenvalue weighted by Gasteiger charge is -2.30. The highest BCUT2D eigenvalue weighted by atomic mass is 16.5. The number of amides is 4. The molecule has 0 spiro atoms. The Hall–Kier alpha value is -3.26. The van der Waals surface area contributed by atoms with Gasteiger partial charge in [-0.1, -0.05) is 0 Å². The van der Waals surface area contributed by atoms with Gasteiger partial charge in [0.1, 0.15) is 24.2 Å². The molecule has 0 aromatic carbocycles. The van der Waals surface area contributed by atoms with Crippen molar-refractivity contribution in [1.82, 2.24) is 21.3 Å². The molecule has 6 atom stereocenters. The van der Waals surface area contributed by atoms with Crippen LogP contribution < -0.4 is 21.3 Å². The third kappa shape index (κ3) is 8.65. The molecule has 0 aromatic heterocycles. The van der Waals surface area contributed by atoms with Crippen molar-refractivity contribution in [3.05, 3.63) is 0 Å². The van der Waals surface area contributed by atoms with Crippen LogP contribution in [0.15, 0.2) is 0 Å². The largest absolute Gasteiger partial charge is 0.481 e. The van der Waals surface area contributed by atoms with E-state index in [0.717, 1.165) is 0 Å². The third-order valence-electron chi connectivity index (χ3n) is 4.90. The van der Waals surface area contributed by atoms with Crippen LogP contribution in [0.1, 0.15) is 39.5 Å². The third-order valence-corrected chi connectivity index (χ3v) is 4.90. The molecule has 33 heavy (non-hydrogen) atoms. The van der Waals surface area contributed by atoms with Gasteiger partial charge in [0, 0.05) is 12.8 Å². The van der Waals surface area contributed by atoms with Crippen molar-refractivity contribution >= 4 is 35.6 Å². The van der Waals surface area contributed by atoms with Crippen molar-refractivity contribution in [2.75, 3.05) is 7.11 Å². The quantitative estimate of drug-likeness (QED) is 0.172. The summed E-state index contributed by atoms with van der Waals surface area (Å²) in [5, 5.41) is 36.5. The topological polar surface area (TPSA) is 220 Å². The summed E-state index contributed by atoms with van der Waals surface area (Å²) in [6, 6.07) is -3.49. The number of esters is 1. The molecule has 0 radical (unpaired) electrons. The van der Waals surface area contributed by atoms with Gasteiger partial charge in [0.25, 0.3) is 0 Å². The molecule has 0 bridgehead atoms. The molecule has 0 aromatic rings. The zero-order chi connectivity index (χ0) is 25.3. The van der Waals surface area contributed by atoms with E-state index in [1.165, 1.54) is 21.0 Å². The van der Waals surface area contributed by atoms with Crippen molar-refractivity contribution < 1.29 is 48.8 Å². The minimum atomic E-state index is -1.03. The van der Waals surface area contributed by atoms with E-state index in [1.807, 2.05) is 0 Å². The van der Waals surface area contributed by atoms with Gasteiger partial charge >= 0.3 is 11.9 Å². The normalized spacial score (nSPS) is 26.3. The summed E-state index contributed by atoms with van der Waals surface area (Å²) in [5.74, 6) is -3.28. The predicted octanol–water partition coefficient (Wildman–Crippen LogP) is -3.48. The zero-order valence-electron chi connectivity index (χ0n) is 18.5. The predicted molar refractivity (Wildman–Crippen MR) is 109 cm³/mol. The highest BCUT2D eigenvalue weighted by Gasteiger charge is 2.37. The van der Waals surface area contributed by atoms with Gasteiger partial charge in [0.05, 0.1) is 19.3 Å². The Morgan fingerprint density at radius 1 is 0.788 bits per heavy atom. The van der Waals surface area contributed by atoms with Crippen LogP contribution in [0.2, 0.25) is 0 Å². The Kier molecular flexibility index (Phi) is 10.7. The molecule has 2 aliphatic rings. The first-order valence-electron chi connectivity index (χ1n) is 10.2. The minimum Gasteiger partial charge on any atom is -0.481 e. The van der Waals surface area contributed by atoms with E-state index < -0.39 is 71.9 Å². The molecule has 4 amide bonds. The SMILES string of the molecule is CC(O)C1NC(=O)C(CCC(=O)O)NC1=O.COC(=O)CCC1NC(=O)C(C(C)O)NC1=O. The number of methoxy groups -OCH3 is 1. The number of rotatable bonds is 8. The highest BCUT2D eigenvalue weighted by molar-refractivity contribution is 5.98. The number of hydrogen-bond acceptors (Lipinski definition) is 9. The van der Waals surface area contributed by atoms with Crippen molar-refractivity contribution in [1.29, 1.82) is 0 Å². The van der Waals surface area contributed by atoms with E-state index in [2.05, 4.69) is 26.0 Å². The molecule has 14 heteroatoms. The fraction of sp³-hybridized carbons (Fsp3) is 0.684. The second-order valence-electron chi connectivity index (χ2n) is 7.62. The summed E-state index contributed by atoms with van der Waals surface area (Å²) in [5.41, 5.74) is 0.